The average molecular weight is 363 g/mol. The molecule has 1 N–H and O–H groups in total. The molecule has 0 unspecified atom stereocenters. The van der Waals surface area contributed by atoms with Crippen LogP contribution in [0.2, 0.25) is 0 Å². The third kappa shape index (κ3) is 2.51. The summed E-state index contributed by atoms with van der Waals surface area (Å²) in [5.74, 6) is 0.817. The molecule has 0 aliphatic heterocycles. The van der Waals surface area contributed by atoms with Gasteiger partial charge in [0.1, 0.15) is 5.75 Å². The lowest BCUT2D eigenvalue weighted by Gasteiger charge is -2.11. The molecule has 0 spiro atoms. The van der Waals surface area contributed by atoms with Crippen molar-refractivity contribution in [1.82, 2.24) is 9.55 Å². The Labute approximate surface area is 136 Å². The van der Waals surface area contributed by atoms with Crippen molar-refractivity contribution in [3.05, 3.63) is 51.2 Å². The zero-order valence-electron chi connectivity index (χ0n) is 11.8. The minimum Gasteiger partial charge on any atom is -0.497 e. The number of hydrogen-bond acceptors (Lipinski definition) is 2. The summed E-state index contributed by atoms with van der Waals surface area (Å²) in [7, 11) is 1.66. The molecule has 0 saturated carbocycles. The smallest absolute Gasteiger partial charge is 0.182 e. The molecule has 3 aromatic rings. The zero-order valence-corrected chi connectivity index (χ0v) is 14.2. The van der Waals surface area contributed by atoms with Gasteiger partial charge in [0.2, 0.25) is 0 Å². The number of aromatic amines is 1. The van der Waals surface area contributed by atoms with Gasteiger partial charge in [-0.05, 0) is 54.5 Å². The van der Waals surface area contributed by atoms with Crippen molar-refractivity contribution in [2.24, 2.45) is 0 Å². The highest BCUT2D eigenvalue weighted by Crippen LogP contribution is 2.27. The molecular weight excluding hydrogens is 348 g/mol. The van der Waals surface area contributed by atoms with Crippen molar-refractivity contribution in [3.8, 4) is 11.4 Å². The van der Waals surface area contributed by atoms with Crippen LogP contribution in [0, 0.1) is 4.77 Å². The Hall–Kier alpha value is -1.59. The maximum atomic E-state index is 5.51. The molecule has 5 heteroatoms. The Morgan fingerprint density at radius 1 is 1.24 bits per heavy atom. The number of fused-ring (bicyclic) bond motifs is 1. The molecule has 0 atom stereocenters. The third-order valence-electron chi connectivity index (χ3n) is 3.55. The summed E-state index contributed by atoms with van der Waals surface area (Å²) in [6.45, 7) is 2.15. The number of H-pyrrole nitrogens is 1. The standard InChI is InChI=1S/C16H15BrN2OS/c1-3-10-8-11(17)4-6-14(10)19-15-7-5-12(20-2)9-13(15)18-16(19)21/h4-9H,3H2,1-2H3,(H,18,21). The topological polar surface area (TPSA) is 29.9 Å². The van der Waals surface area contributed by atoms with E-state index < -0.39 is 0 Å². The molecule has 1 aromatic heterocycles. The van der Waals surface area contributed by atoms with E-state index in [1.807, 2.05) is 24.3 Å². The number of methoxy groups -OCH3 is 1. The number of aromatic nitrogens is 2. The SMILES string of the molecule is CCc1cc(Br)ccc1-n1c(=S)[nH]c2cc(OC)ccc21. The van der Waals surface area contributed by atoms with Gasteiger partial charge >= 0.3 is 0 Å². The Morgan fingerprint density at radius 2 is 2.05 bits per heavy atom. The van der Waals surface area contributed by atoms with Crippen LogP contribution in [0.1, 0.15) is 12.5 Å². The first-order valence-electron chi connectivity index (χ1n) is 6.71. The van der Waals surface area contributed by atoms with Gasteiger partial charge in [-0.2, -0.15) is 0 Å². The summed E-state index contributed by atoms with van der Waals surface area (Å²) in [5, 5.41) is 0. The van der Waals surface area contributed by atoms with E-state index in [0.717, 1.165) is 33.4 Å². The summed E-state index contributed by atoms with van der Waals surface area (Å²) < 4.78 is 9.12. The normalized spacial score (nSPS) is 11.0. The zero-order chi connectivity index (χ0) is 15.0. The quantitative estimate of drug-likeness (QED) is 0.662. The van der Waals surface area contributed by atoms with Crippen LogP contribution in [-0.4, -0.2) is 16.7 Å². The van der Waals surface area contributed by atoms with Crippen molar-refractivity contribution in [2.75, 3.05) is 7.11 Å². The molecule has 0 aliphatic rings. The van der Waals surface area contributed by atoms with E-state index in [2.05, 4.69) is 44.5 Å². The maximum absolute atomic E-state index is 5.51. The van der Waals surface area contributed by atoms with E-state index in [-0.39, 0.29) is 0 Å². The Morgan fingerprint density at radius 3 is 2.76 bits per heavy atom. The minimum absolute atomic E-state index is 0.690. The van der Waals surface area contributed by atoms with Gasteiger partial charge in [-0.1, -0.05) is 22.9 Å². The molecule has 0 aliphatic carbocycles. The first kappa shape index (κ1) is 14.4. The largest absolute Gasteiger partial charge is 0.497 e. The highest BCUT2D eigenvalue weighted by Gasteiger charge is 2.11. The number of ether oxygens (including phenoxy) is 1. The lowest BCUT2D eigenvalue weighted by Crippen LogP contribution is -1.99. The predicted octanol–water partition coefficient (Wildman–Crippen LogP) is 5.02. The molecule has 0 bridgehead atoms. The maximum Gasteiger partial charge on any atom is 0.182 e. The Bertz CT molecular complexity index is 866. The van der Waals surface area contributed by atoms with Crippen LogP contribution in [-0.2, 0) is 6.42 Å². The van der Waals surface area contributed by atoms with Crippen molar-refractivity contribution in [2.45, 2.75) is 13.3 Å². The van der Waals surface area contributed by atoms with Crippen molar-refractivity contribution >= 4 is 39.2 Å². The molecule has 0 fully saturated rings. The van der Waals surface area contributed by atoms with Gasteiger partial charge in [0, 0.05) is 10.5 Å². The molecule has 0 radical (unpaired) electrons. The van der Waals surface area contributed by atoms with Gasteiger partial charge in [0.05, 0.1) is 23.8 Å². The van der Waals surface area contributed by atoms with Crippen molar-refractivity contribution < 1.29 is 4.74 Å². The molecular formula is C16H15BrN2OS. The molecule has 0 amide bonds. The molecule has 21 heavy (non-hydrogen) atoms. The van der Waals surface area contributed by atoms with E-state index in [4.69, 9.17) is 17.0 Å². The van der Waals surface area contributed by atoms with E-state index in [1.54, 1.807) is 7.11 Å². The fourth-order valence-electron chi connectivity index (χ4n) is 2.51. The van der Waals surface area contributed by atoms with E-state index in [0.29, 0.717) is 4.77 Å². The number of hydrogen-bond donors (Lipinski definition) is 1. The van der Waals surface area contributed by atoms with Crippen LogP contribution in [0.5, 0.6) is 5.75 Å². The first-order chi connectivity index (χ1) is 10.1. The van der Waals surface area contributed by atoms with Crippen LogP contribution >= 0.6 is 28.1 Å². The summed E-state index contributed by atoms with van der Waals surface area (Å²) in [4.78, 5) is 3.25. The minimum atomic E-state index is 0.690. The molecule has 3 rings (SSSR count). The number of nitrogens with zero attached hydrogens (tertiary/aromatic N) is 1. The van der Waals surface area contributed by atoms with Crippen LogP contribution < -0.4 is 4.74 Å². The van der Waals surface area contributed by atoms with Crippen LogP contribution in [0.4, 0.5) is 0 Å². The van der Waals surface area contributed by atoms with Gasteiger partial charge in [0.25, 0.3) is 0 Å². The Kier molecular flexibility index (Phi) is 3.87. The molecule has 2 aromatic carbocycles. The van der Waals surface area contributed by atoms with E-state index in [1.165, 1.54) is 5.56 Å². The summed E-state index contributed by atoms with van der Waals surface area (Å²) >= 11 is 9.04. The monoisotopic (exact) mass is 362 g/mol. The molecule has 3 nitrogen and oxygen atoms in total. The number of nitrogens with one attached hydrogen (secondary N) is 1. The summed E-state index contributed by atoms with van der Waals surface area (Å²) in [6, 6.07) is 12.2. The number of benzene rings is 2. The van der Waals surface area contributed by atoms with Crippen molar-refractivity contribution in [3.63, 3.8) is 0 Å². The van der Waals surface area contributed by atoms with Gasteiger partial charge in [-0.15, -0.1) is 0 Å². The van der Waals surface area contributed by atoms with Gasteiger partial charge in [-0.25, -0.2) is 0 Å². The molecule has 0 saturated heterocycles. The van der Waals surface area contributed by atoms with Crippen LogP contribution in [0.15, 0.2) is 40.9 Å². The fourth-order valence-corrected chi connectivity index (χ4v) is 3.23. The average Bonchev–Trinajstić information content (AvgIpc) is 2.82. The number of rotatable bonds is 3. The number of aryl methyl sites for hydroxylation is 1. The number of halogens is 1. The van der Waals surface area contributed by atoms with E-state index in [9.17, 15) is 0 Å². The second kappa shape index (κ2) is 5.66. The molecule has 1 heterocycles. The molecule has 108 valence electrons. The van der Waals surface area contributed by atoms with Gasteiger partial charge < -0.3 is 9.72 Å². The Balaban J connectivity index is 2.30. The van der Waals surface area contributed by atoms with Crippen molar-refractivity contribution in [1.29, 1.82) is 0 Å². The second-order valence-electron chi connectivity index (χ2n) is 4.78. The van der Waals surface area contributed by atoms with Gasteiger partial charge in [-0.3, -0.25) is 4.57 Å². The van der Waals surface area contributed by atoms with E-state index >= 15 is 0 Å². The fraction of sp³-hybridized carbons (Fsp3) is 0.188. The lowest BCUT2D eigenvalue weighted by atomic mass is 10.1. The first-order valence-corrected chi connectivity index (χ1v) is 7.91. The van der Waals surface area contributed by atoms with Gasteiger partial charge in [0.15, 0.2) is 4.77 Å². The highest BCUT2D eigenvalue weighted by atomic mass is 79.9. The van der Waals surface area contributed by atoms with Crippen LogP contribution in [0.3, 0.4) is 0 Å². The highest BCUT2D eigenvalue weighted by molar-refractivity contribution is 9.10. The lowest BCUT2D eigenvalue weighted by molar-refractivity contribution is 0.415. The predicted molar refractivity (Wildman–Crippen MR) is 92.1 cm³/mol. The second-order valence-corrected chi connectivity index (χ2v) is 6.08. The number of imidazole rings is 1. The third-order valence-corrected chi connectivity index (χ3v) is 4.33. The summed E-state index contributed by atoms with van der Waals surface area (Å²) in [5.41, 5.74) is 4.39. The van der Waals surface area contributed by atoms with Crippen LogP contribution in [0.25, 0.3) is 16.7 Å². The summed E-state index contributed by atoms with van der Waals surface area (Å²) in [6.07, 6.45) is 0.944.